The van der Waals surface area contributed by atoms with Crippen molar-refractivity contribution in [2.24, 2.45) is 0 Å². The van der Waals surface area contributed by atoms with Crippen molar-refractivity contribution in [2.45, 2.75) is 44.6 Å². The summed E-state index contributed by atoms with van der Waals surface area (Å²) >= 11 is 0. The number of rotatable bonds is 4. The molecule has 0 aliphatic carbocycles. The molecule has 21 heavy (non-hydrogen) atoms. The van der Waals surface area contributed by atoms with Gasteiger partial charge in [0.05, 0.1) is 11.0 Å². The summed E-state index contributed by atoms with van der Waals surface area (Å²) in [6.45, 7) is 7.11. The summed E-state index contributed by atoms with van der Waals surface area (Å²) in [6.07, 6.45) is 1.72. The van der Waals surface area contributed by atoms with Crippen molar-refractivity contribution in [3.63, 3.8) is 0 Å². The molecule has 1 aromatic rings. The highest BCUT2D eigenvalue weighted by Gasteiger charge is 2.31. The van der Waals surface area contributed by atoms with Crippen LogP contribution in [0.5, 0.6) is 0 Å². The van der Waals surface area contributed by atoms with E-state index in [1.807, 2.05) is 13.8 Å². The minimum absolute atomic E-state index is 0.0130. The van der Waals surface area contributed by atoms with Crippen molar-refractivity contribution >= 4 is 15.7 Å². The minimum atomic E-state index is -3.52. The first-order valence-corrected chi connectivity index (χ1v) is 8.78. The van der Waals surface area contributed by atoms with Gasteiger partial charge in [-0.15, -0.1) is 0 Å². The topological polar surface area (TPSA) is 72.6 Å². The van der Waals surface area contributed by atoms with Crippen LogP contribution >= 0.6 is 0 Å². The zero-order valence-corrected chi connectivity index (χ0v) is 13.7. The molecule has 0 radical (unpaired) electrons. The summed E-state index contributed by atoms with van der Waals surface area (Å²) in [5.41, 5.74) is 7.92. The fourth-order valence-electron chi connectivity index (χ4n) is 2.75. The molecule has 1 saturated heterocycles. The summed E-state index contributed by atoms with van der Waals surface area (Å²) in [4.78, 5) is 0.317. The van der Waals surface area contributed by atoms with Gasteiger partial charge in [0.15, 0.2) is 0 Å². The van der Waals surface area contributed by atoms with Gasteiger partial charge in [-0.3, -0.25) is 0 Å². The van der Waals surface area contributed by atoms with Crippen molar-refractivity contribution in [1.29, 1.82) is 0 Å². The fraction of sp³-hybridized carbons (Fsp3) is 0.600. The highest BCUT2D eigenvalue weighted by molar-refractivity contribution is 7.89. The second-order valence-electron chi connectivity index (χ2n) is 5.56. The maximum atomic E-state index is 12.9. The van der Waals surface area contributed by atoms with Crippen LogP contribution in [0.15, 0.2) is 17.0 Å². The van der Waals surface area contributed by atoms with Crippen LogP contribution in [0.25, 0.3) is 0 Å². The van der Waals surface area contributed by atoms with Crippen LogP contribution in [0.4, 0.5) is 5.69 Å². The molecule has 1 aromatic carbocycles. The third kappa shape index (κ3) is 3.39. The summed E-state index contributed by atoms with van der Waals surface area (Å²) in [7, 11) is -3.52. The zero-order chi connectivity index (χ0) is 15.6. The lowest BCUT2D eigenvalue weighted by Crippen LogP contribution is -2.43. The molecule has 1 unspecified atom stereocenters. The van der Waals surface area contributed by atoms with E-state index < -0.39 is 10.0 Å². The van der Waals surface area contributed by atoms with Gasteiger partial charge in [-0.25, -0.2) is 8.42 Å². The van der Waals surface area contributed by atoms with Crippen LogP contribution in [0, 0.1) is 13.8 Å². The van der Waals surface area contributed by atoms with Gasteiger partial charge in [0, 0.05) is 25.4 Å². The Morgan fingerprint density at radius 3 is 2.76 bits per heavy atom. The van der Waals surface area contributed by atoms with Crippen LogP contribution < -0.4 is 5.73 Å². The SMILES string of the molecule is CCOC1CCCN(S(=O)(=O)c2cc(C)cc(N)c2C)C1. The van der Waals surface area contributed by atoms with E-state index in [4.69, 9.17) is 10.5 Å². The van der Waals surface area contributed by atoms with E-state index in [0.717, 1.165) is 18.4 Å². The Balaban J connectivity index is 2.34. The lowest BCUT2D eigenvalue weighted by atomic mass is 10.1. The average molecular weight is 312 g/mol. The Morgan fingerprint density at radius 1 is 1.38 bits per heavy atom. The van der Waals surface area contributed by atoms with Gasteiger partial charge in [0.25, 0.3) is 0 Å². The Hall–Kier alpha value is -1.11. The second kappa shape index (κ2) is 6.34. The Kier molecular flexibility index (Phi) is 4.91. The number of hydrogen-bond donors (Lipinski definition) is 1. The Labute approximate surface area is 127 Å². The highest BCUT2D eigenvalue weighted by atomic mass is 32.2. The molecule has 0 saturated carbocycles. The Morgan fingerprint density at radius 2 is 2.10 bits per heavy atom. The molecular formula is C15H24N2O3S. The smallest absolute Gasteiger partial charge is 0.243 e. The number of ether oxygens (including phenoxy) is 1. The molecule has 1 atom stereocenters. The summed E-state index contributed by atoms with van der Waals surface area (Å²) < 4.78 is 32.9. The number of sulfonamides is 1. The van der Waals surface area contributed by atoms with Gasteiger partial charge >= 0.3 is 0 Å². The number of benzene rings is 1. The number of anilines is 1. The van der Waals surface area contributed by atoms with E-state index >= 15 is 0 Å². The number of nitrogens with zero attached hydrogens (tertiary/aromatic N) is 1. The summed E-state index contributed by atoms with van der Waals surface area (Å²) in [6, 6.07) is 3.50. The van der Waals surface area contributed by atoms with Crippen LogP contribution in [0.3, 0.4) is 0 Å². The van der Waals surface area contributed by atoms with Crippen molar-refractivity contribution in [3.8, 4) is 0 Å². The van der Waals surface area contributed by atoms with E-state index in [1.165, 1.54) is 4.31 Å². The molecule has 1 aliphatic rings. The third-order valence-corrected chi connectivity index (χ3v) is 5.90. The van der Waals surface area contributed by atoms with Crippen LogP contribution in [-0.4, -0.2) is 38.5 Å². The first kappa shape index (κ1) is 16.3. The fourth-order valence-corrected chi connectivity index (χ4v) is 4.60. The molecule has 0 amide bonds. The zero-order valence-electron chi connectivity index (χ0n) is 12.9. The van der Waals surface area contributed by atoms with Gasteiger partial charge in [0.2, 0.25) is 10.0 Å². The Bertz CT molecular complexity index is 612. The standard InChI is InChI=1S/C15H24N2O3S/c1-4-20-13-6-5-7-17(10-13)21(18,19)15-9-11(2)8-14(16)12(15)3/h8-9,13H,4-7,10,16H2,1-3H3. The van der Waals surface area contributed by atoms with E-state index in [1.54, 1.807) is 19.1 Å². The largest absolute Gasteiger partial charge is 0.398 e. The molecule has 118 valence electrons. The summed E-state index contributed by atoms with van der Waals surface area (Å²) in [5, 5.41) is 0. The van der Waals surface area contributed by atoms with Crippen molar-refractivity contribution in [1.82, 2.24) is 4.31 Å². The second-order valence-corrected chi connectivity index (χ2v) is 7.47. The van der Waals surface area contributed by atoms with Gasteiger partial charge < -0.3 is 10.5 Å². The van der Waals surface area contributed by atoms with E-state index in [2.05, 4.69) is 0 Å². The van der Waals surface area contributed by atoms with Crippen LogP contribution in [-0.2, 0) is 14.8 Å². The van der Waals surface area contributed by atoms with E-state index in [9.17, 15) is 8.42 Å². The van der Waals surface area contributed by atoms with Gasteiger partial charge in [-0.05, 0) is 56.9 Å². The number of aryl methyl sites for hydroxylation is 1. The molecule has 1 aliphatic heterocycles. The molecule has 5 nitrogen and oxygen atoms in total. The van der Waals surface area contributed by atoms with Crippen molar-refractivity contribution in [3.05, 3.63) is 23.3 Å². The quantitative estimate of drug-likeness (QED) is 0.864. The average Bonchev–Trinajstić information content (AvgIpc) is 2.43. The molecule has 0 aromatic heterocycles. The molecule has 1 heterocycles. The molecule has 2 rings (SSSR count). The van der Waals surface area contributed by atoms with Gasteiger partial charge in [-0.2, -0.15) is 4.31 Å². The first-order valence-electron chi connectivity index (χ1n) is 7.34. The van der Waals surface area contributed by atoms with Gasteiger partial charge in [-0.1, -0.05) is 0 Å². The lowest BCUT2D eigenvalue weighted by Gasteiger charge is -2.32. The molecule has 0 spiro atoms. The van der Waals surface area contributed by atoms with Crippen LogP contribution in [0.2, 0.25) is 0 Å². The highest BCUT2D eigenvalue weighted by Crippen LogP contribution is 2.28. The number of piperidine rings is 1. The molecule has 0 bridgehead atoms. The maximum Gasteiger partial charge on any atom is 0.243 e. The third-order valence-electron chi connectivity index (χ3n) is 3.91. The van der Waals surface area contributed by atoms with Crippen molar-refractivity contribution < 1.29 is 13.2 Å². The molecular weight excluding hydrogens is 288 g/mol. The van der Waals surface area contributed by atoms with E-state index in [0.29, 0.717) is 35.8 Å². The number of nitrogen functional groups attached to an aromatic ring is 1. The first-order chi connectivity index (χ1) is 9.86. The van der Waals surface area contributed by atoms with Gasteiger partial charge in [0.1, 0.15) is 0 Å². The minimum Gasteiger partial charge on any atom is -0.398 e. The maximum absolute atomic E-state index is 12.9. The summed E-state index contributed by atoms with van der Waals surface area (Å²) in [5.74, 6) is 0. The van der Waals surface area contributed by atoms with Crippen LogP contribution in [0.1, 0.15) is 30.9 Å². The lowest BCUT2D eigenvalue weighted by molar-refractivity contribution is 0.0265. The van der Waals surface area contributed by atoms with E-state index in [-0.39, 0.29) is 6.10 Å². The predicted octanol–water partition coefficient (Wildman–Crippen LogP) is 2.08. The molecule has 1 fully saturated rings. The number of hydrogen-bond acceptors (Lipinski definition) is 4. The number of nitrogens with two attached hydrogens (primary N) is 1. The predicted molar refractivity (Wildman–Crippen MR) is 83.7 cm³/mol. The molecule has 6 heteroatoms. The van der Waals surface area contributed by atoms with Crippen molar-refractivity contribution in [2.75, 3.05) is 25.4 Å². The monoisotopic (exact) mass is 312 g/mol. The molecule has 2 N–H and O–H groups in total. The normalized spacial score (nSPS) is 20.6.